The van der Waals surface area contributed by atoms with E-state index in [1.807, 2.05) is 5.38 Å². The SMILES string of the molecule is O=C(Cc1cccs1)NC(Cc1ccc(F)c(C(=O)O)c1)B(O)O. The lowest BCUT2D eigenvalue weighted by molar-refractivity contribution is -0.120. The number of rotatable bonds is 7. The summed E-state index contributed by atoms with van der Waals surface area (Å²) in [4.78, 5) is 23.7. The number of benzene rings is 1. The first-order valence-electron chi connectivity index (χ1n) is 7.06. The van der Waals surface area contributed by atoms with Crippen LogP contribution in [0.15, 0.2) is 35.7 Å². The fourth-order valence-corrected chi connectivity index (χ4v) is 2.88. The van der Waals surface area contributed by atoms with Crippen LogP contribution >= 0.6 is 11.3 Å². The van der Waals surface area contributed by atoms with Gasteiger partial charge in [-0.05, 0) is 35.6 Å². The molecule has 1 aromatic carbocycles. The van der Waals surface area contributed by atoms with E-state index in [2.05, 4.69) is 5.32 Å². The zero-order valence-electron chi connectivity index (χ0n) is 12.5. The number of halogens is 1. The van der Waals surface area contributed by atoms with E-state index < -0.39 is 36.3 Å². The van der Waals surface area contributed by atoms with Crippen LogP contribution in [0.3, 0.4) is 0 Å². The largest absolute Gasteiger partial charge is 0.478 e. The molecule has 4 N–H and O–H groups in total. The highest BCUT2D eigenvalue weighted by Gasteiger charge is 2.26. The van der Waals surface area contributed by atoms with Gasteiger partial charge in [0.2, 0.25) is 5.91 Å². The number of hydrogen-bond acceptors (Lipinski definition) is 5. The Bertz CT molecular complexity index is 723. The third kappa shape index (κ3) is 4.88. The zero-order chi connectivity index (χ0) is 17.7. The molecule has 9 heteroatoms. The van der Waals surface area contributed by atoms with Gasteiger partial charge in [0.25, 0.3) is 0 Å². The van der Waals surface area contributed by atoms with Gasteiger partial charge in [0, 0.05) is 4.88 Å². The van der Waals surface area contributed by atoms with Crippen LogP contribution in [0.4, 0.5) is 4.39 Å². The summed E-state index contributed by atoms with van der Waals surface area (Å²) >= 11 is 1.40. The lowest BCUT2D eigenvalue weighted by Gasteiger charge is -2.18. The summed E-state index contributed by atoms with van der Waals surface area (Å²) in [5.41, 5.74) is -0.146. The van der Waals surface area contributed by atoms with Crippen molar-refractivity contribution < 1.29 is 29.1 Å². The molecule has 0 aliphatic heterocycles. The van der Waals surface area contributed by atoms with Crippen molar-refractivity contribution in [2.45, 2.75) is 18.8 Å². The topological polar surface area (TPSA) is 107 Å². The van der Waals surface area contributed by atoms with E-state index in [1.54, 1.807) is 12.1 Å². The van der Waals surface area contributed by atoms with Gasteiger partial charge in [-0.2, -0.15) is 0 Å². The van der Waals surface area contributed by atoms with E-state index in [4.69, 9.17) is 5.11 Å². The molecule has 1 unspecified atom stereocenters. The number of nitrogens with one attached hydrogen (secondary N) is 1. The molecule has 2 aromatic rings. The molecule has 0 fully saturated rings. The summed E-state index contributed by atoms with van der Waals surface area (Å²) in [6.07, 6.45) is 0.0547. The zero-order valence-corrected chi connectivity index (χ0v) is 13.3. The summed E-state index contributed by atoms with van der Waals surface area (Å²) in [7, 11) is -1.84. The molecule has 24 heavy (non-hydrogen) atoms. The molecule has 0 saturated heterocycles. The van der Waals surface area contributed by atoms with Gasteiger partial charge in [-0.25, -0.2) is 9.18 Å². The van der Waals surface area contributed by atoms with E-state index in [0.717, 1.165) is 17.0 Å². The fourth-order valence-electron chi connectivity index (χ4n) is 2.18. The maximum atomic E-state index is 13.4. The standard InChI is InChI=1S/C15H15BFNO5S/c17-12-4-3-9(6-11(12)15(20)21)7-13(16(22)23)18-14(19)8-10-2-1-5-24-10/h1-6,13,22-23H,7-8H2,(H,18,19)(H,20,21). The van der Waals surface area contributed by atoms with Crippen LogP contribution < -0.4 is 5.32 Å². The molecule has 2 rings (SSSR count). The van der Waals surface area contributed by atoms with E-state index in [1.165, 1.54) is 17.4 Å². The predicted octanol–water partition coefficient (Wildman–Crippen LogP) is 0.867. The third-order valence-corrected chi connectivity index (χ3v) is 4.21. The van der Waals surface area contributed by atoms with Crippen molar-refractivity contribution in [1.82, 2.24) is 5.32 Å². The number of carbonyl (C=O) groups is 2. The van der Waals surface area contributed by atoms with Crippen LogP contribution in [-0.4, -0.2) is 40.1 Å². The summed E-state index contributed by atoms with van der Waals surface area (Å²) in [5, 5.41) is 32.1. The molecule has 0 spiro atoms. The Hall–Kier alpha value is -2.23. The Labute approximate surface area is 141 Å². The average Bonchev–Trinajstić information content (AvgIpc) is 3.00. The Morgan fingerprint density at radius 1 is 1.29 bits per heavy atom. The van der Waals surface area contributed by atoms with Crippen LogP contribution in [0, 0.1) is 5.82 Å². The van der Waals surface area contributed by atoms with E-state index >= 15 is 0 Å². The quantitative estimate of drug-likeness (QED) is 0.554. The maximum absolute atomic E-state index is 13.4. The second-order valence-electron chi connectivity index (χ2n) is 5.17. The van der Waals surface area contributed by atoms with Crippen molar-refractivity contribution in [1.29, 1.82) is 0 Å². The third-order valence-electron chi connectivity index (χ3n) is 3.34. The number of aromatic carboxylic acids is 1. The minimum Gasteiger partial charge on any atom is -0.478 e. The van der Waals surface area contributed by atoms with Gasteiger partial charge in [0.05, 0.1) is 17.9 Å². The van der Waals surface area contributed by atoms with Crippen LogP contribution in [-0.2, 0) is 17.6 Å². The minimum absolute atomic E-state index is 0.0472. The molecule has 1 heterocycles. The van der Waals surface area contributed by atoms with E-state index in [-0.39, 0.29) is 12.8 Å². The Morgan fingerprint density at radius 2 is 2.04 bits per heavy atom. The highest BCUT2D eigenvalue weighted by Crippen LogP contribution is 2.14. The first-order valence-corrected chi connectivity index (χ1v) is 7.94. The van der Waals surface area contributed by atoms with Crippen molar-refractivity contribution in [3.05, 3.63) is 57.5 Å². The molecule has 6 nitrogen and oxygen atoms in total. The normalized spacial score (nSPS) is 11.8. The van der Waals surface area contributed by atoms with Gasteiger partial charge < -0.3 is 20.5 Å². The molecule has 0 bridgehead atoms. The highest BCUT2D eigenvalue weighted by atomic mass is 32.1. The van der Waals surface area contributed by atoms with E-state index in [9.17, 15) is 24.0 Å². The lowest BCUT2D eigenvalue weighted by atomic mass is 9.75. The minimum atomic E-state index is -1.84. The molecule has 0 radical (unpaired) electrons. The van der Waals surface area contributed by atoms with Crippen molar-refractivity contribution in [3.8, 4) is 0 Å². The molecular weight excluding hydrogens is 336 g/mol. The second-order valence-corrected chi connectivity index (χ2v) is 6.20. The first kappa shape index (κ1) is 18.1. The van der Waals surface area contributed by atoms with E-state index in [0.29, 0.717) is 5.56 Å². The van der Waals surface area contributed by atoms with Crippen LogP contribution in [0.1, 0.15) is 20.8 Å². The predicted molar refractivity (Wildman–Crippen MR) is 87.2 cm³/mol. The summed E-state index contributed by atoms with van der Waals surface area (Å²) in [6, 6.07) is 7.03. The molecular formula is C15H15BFNO5S. The van der Waals surface area contributed by atoms with Gasteiger partial charge >= 0.3 is 13.1 Å². The monoisotopic (exact) mass is 351 g/mol. The van der Waals surface area contributed by atoms with Gasteiger partial charge in [-0.1, -0.05) is 12.1 Å². The number of amides is 1. The molecule has 0 aliphatic carbocycles. The number of carboxylic acids is 1. The fraction of sp³-hybridized carbons (Fsp3) is 0.200. The molecule has 1 atom stereocenters. The number of hydrogen-bond donors (Lipinski definition) is 4. The van der Waals surface area contributed by atoms with Crippen LogP contribution in [0.25, 0.3) is 0 Å². The average molecular weight is 351 g/mol. The Morgan fingerprint density at radius 3 is 2.62 bits per heavy atom. The highest BCUT2D eigenvalue weighted by molar-refractivity contribution is 7.10. The Kier molecular flexibility index (Phi) is 6.07. The van der Waals surface area contributed by atoms with Crippen molar-refractivity contribution in [2.24, 2.45) is 0 Å². The van der Waals surface area contributed by atoms with Gasteiger partial charge in [-0.15, -0.1) is 11.3 Å². The van der Waals surface area contributed by atoms with Gasteiger partial charge in [0.15, 0.2) is 0 Å². The van der Waals surface area contributed by atoms with Gasteiger partial charge in [-0.3, -0.25) is 4.79 Å². The molecule has 1 aromatic heterocycles. The van der Waals surface area contributed by atoms with Crippen molar-refractivity contribution in [3.63, 3.8) is 0 Å². The number of carboxylic acid groups (broad SMARTS) is 1. The maximum Gasteiger partial charge on any atom is 0.475 e. The molecule has 1 amide bonds. The summed E-state index contributed by atoms with van der Waals surface area (Å²) in [6.45, 7) is 0. The van der Waals surface area contributed by atoms with Crippen molar-refractivity contribution in [2.75, 3.05) is 0 Å². The summed E-state index contributed by atoms with van der Waals surface area (Å²) in [5.74, 6) is -3.73. The number of thiophene rings is 1. The molecule has 0 aliphatic rings. The van der Waals surface area contributed by atoms with Crippen LogP contribution in [0.5, 0.6) is 0 Å². The first-order chi connectivity index (χ1) is 11.4. The van der Waals surface area contributed by atoms with Gasteiger partial charge in [0.1, 0.15) is 5.82 Å². The molecule has 126 valence electrons. The van der Waals surface area contributed by atoms with Crippen LogP contribution in [0.2, 0.25) is 0 Å². The molecule has 0 saturated carbocycles. The summed E-state index contributed by atoms with van der Waals surface area (Å²) < 4.78 is 13.4. The number of carbonyl (C=O) groups excluding carboxylic acids is 1. The second kappa shape index (κ2) is 8.05. The Balaban J connectivity index is 2.07. The van der Waals surface area contributed by atoms with Crippen molar-refractivity contribution >= 4 is 30.3 Å². The lowest BCUT2D eigenvalue weighted by Crippen LogP contribution is -2.48. The smallest absolute Gasteiger partial charge is 0.475 e.